The molecule has 0 saturated heterocycles. The number of benzene rings is 1. The van der Waals surface area contributed by atoms with Crippen LogP contribution in [0.4, 0.5) is 17.3 Å². The summed E-state index contributed by atoms with van der Waals surface area (Å²) in [5, 5.41) is 9.68. The lowest BCUT2D eigenvalue weighted by molar-refractivity contribution is 0.102. The van der Waals surface area contributed by atoms with Gasteiger partial charge in [-0.2, -0.15) is 0 Å². The summed E-state index contributed by atoms with van der Waals surface area (Å²) >= 11 is 0. The van der Waals surface area contributed by atoms with E-state index in [9.17, 15) is 4.79 Å². The van der Waals surface area contributed by atoms with Crippen molar-refractivity contribution in [1.29, 1.82) is 0 Å². The summed E-state index contributed by atoms with van der Waals surface area (Å²) in [6.07, 6.45) is 1.59. The monoisotopic (exact) mass is 350 g/mol. The van der Waals surface area contributed by atoms with Gasteiger partial charge in [0, 0.05) is 23.5 Å². The van der Waals surface area contributed by atoms with Crippen molar-refractivity contribution in [3.8, 4) is 0 Å². The second-order valence-electron chi connectivity index (χ2n) is 7.16. The fourth-order valence-electron chi connectivity index (χ4n) is 2.46. The summed E-state index contributed by atoms with van der Waals surface area (Å²) in [5.74, 6) is 1.34. The molecule has 0 fully saturated rings. The minimum atomic E-state index is -0.271. The van der Waals surface area contributed by atoms with Crippen molar-refractivity contribution in [2.45, 2.75) is 33.1 Å². The SMILES string of the molecule is Cc1cc(NC(=O)c2ccnc(Nc3ccc(C(C)(C)C)cc3)c2)no1. The predicted molar refractivity (Wildman–Crippen MR) is 102 cm³/mol. The Bertz CT molecular complexity index is 908. The normalized spacial score (nSPS) is 11.2. The van der Waals surface area contributed by atoms with Crippen molar-refractivity contribution >= 4 is 23.2 Å². The molecule has 0 spiro atoms. The lowest BCUT2D eigenvalue weighted by atomic mass is 9.87. The van der Waals surface area contributed by atoms with Gasteiger partial charge in [0.2, 0.25) is 0 Å². The minimum Gasteiger partial charge on any atom is -0.360 e. The number of carbonyl (C=O) groups excluding carboxylic acids is 1. The second kappa shape index (κ2) is 7.00. The Morgan fingerprint density at radius 3 is 2.38 bits per heavy atom. The highest BCUT2D eigenvalue weighted by molar-refractivity contribution is 6.04. The van der Waals surface area contributed by atoms with Crippen LogP contribution in [-0.4, -0.2) is 16.0 Å². The molecule has 0 atom stereocenters. The molecule has 0 saturated carbocycles. The van der Waals surface area contributed by atoms with Crippen LogP contribution >= 0.6 is 0 Å². The molecule has 2 heterocycles. The molecule has 6 nitrogen and oxygen atoms in total. The minimum absolute atomic E-state index is 0.105. The van der Waals surface area contributed by atoms with Crippen molar-refractivity contribution in [2.75, 3.05) is 10.6 Å². The smallest absolute Gasteiger partial charge is 0.257 e. The van der Waals surface area contributed by atoms with E-state index in [1.54, 1.807) is 31.3 Å². The van der Waals surface area contributed by atoms with E-state index in [1.165, 1.54) is 5.56 Å². The third-order valence-electron chi connectivity index (χ3n) is 3.92. The predicted octanol–water partition coefficient (Wildman–Crippen LogP) is 4.67. The van der Waals surface area contributed by atoms with Gasteiger partial charge in [-0.3, -0.25) is 4.79 Å². The zero-order valence-electron chi connectivity index (χ0n) is 15.3. The molecule has 1 amide bonds. The molecule has 1 aromatic carbocycles. The lowest BCUT2D eigenvalue weighted by Gasteiger charge is -2.19. The Balaban J connectivity index is 1.72. The molecule has 0 aliphatic heterocycles. The maximum atomic E-state index is 12.3. The second-order valence-corrected chi connectivity index (χ2v) is 7.16. The maximum absolute atomic E-state index is 12.3. The Morgan fingerprint density at radius 2 is 1.77 bits per heavy atom. The summed E-state index contributed by atoms with van der Waals surface area (Å²) in [6.45, 7) is 8.29. The highest BCUT2D eigenvalue weighted by Crippen LogP contribution is 2.24. The number of nitrogens with one attached hydrogen (secondary N) is 2. The van der Waals surface area contributed by atoms with Crippen molar-refractivity contribution in [3.63, 3.8) is 0 Å². The van der Waals surface area contributed by atoms with Gasteiger partial charge in [0.1, 0.15) is 11.6 Å². The number of carbonyl (C=O) groups is 1. The van der Waals surface area contributed by atoms with Gasteiger partial charge in [0.25, 0.3) is 5.91 Å². The zero-order valence-corrected chi connectivity index (χ0v) is 15.3. The van der Waals surface area contributed by atoms with Gasteiger partial charge in [-0.25, -0.2) is 4.98 Å². The molecule has 0 aliphatic rings. The van der Waals surface area contributed by atoms with Crippen LogP contribution in [0, 0.1) is 6.92 Å². The molecule has 3 aromatic rings. The molecule has 2 N–H and O–H groups in total. The molecule has 0 radical (unpaired) electrons. The van der Waals surface area contributed by atoms with Gasteiger partial charge in [-0.05, 0) is 42.2 Å². The molecular formula is C20H22N4O2. The number of anilines is 3. The number of aromatic nitrogens is 2. The van der Waals surface area contributed by atoms with E-state index in [-0.39, 0.29) is 11.3 Å². The lowest BCUT2D eigenvalue weighted by Crippen LogP contribution is -2.12. The van der Waals surface area contributed by atoms with Gasteiger partial charge in [-0.15, -0.1) is 0 Å². The number of hydrogen-bond donors (Lipinski definition) is 2. The zero-order chi connectivity index (χ0) is 18.7. The van der Waals surface area contributed by atoms with Crippen LogP contribution in [0.3, 0.4) is 0 Å². The van der Waals surface area contributed by atoms with Gasteiger partial charge < -0.3 is 15.2 Å². The number of nitrogens with zero attached hydrogens (tertiary/aromatic N) is 2. The molecule has 0 bridgehead atoms. The van der Waals surface area contributed by atoms with E-state index < -0.39 is 0 Å². The molecule has 134 valence electrons. The first-order chi connectivity index (χ1) is 12.3. The summed E-state index contributed by atoms with van der Waals surface area (Å²) in [6, 6.07) is 13.2. The quantitative estimate of drug-likeness (QED) is 0.714. The van der Waals surface area contributed by atoms with Crippen LogP contribution in [0.2, 0.25) is 0 Å². The van der Waals surface area contributed by atoms with E-state index in [1.807, 2.05) is 12.1 Å². The molecule has 0 unspecified atom stereocenters. The van der Waals surface area contributed by atoms with Gasteiger partial charge in [0.05, 0.1) is 0 Å². The van der Waals surface area contributed by atoms with Crippen LogP contribution in [0.1, 0.15) is 42.5 Å². The van der Waals surface area contributed by atoms with Gasteiger partial charge in [-0.1, -0.05) is 38.1 Å². The number of hydrogen-bond acceptors (Lipinski definition) is 5. The van der Waals surface area contributed by atoms with Crippen molar-refractivity contribution in [3.05, 3.63) is 65.5 Å². The number of aryl methyl sites for hydroxylation is 1. The largest absolute Gasteiger partial charge is 0.360 e. The Labute approximate surface area is 152 Å². The maximum Gasteiger partial charge on any atom is 0.257 e. The number of pyridine rings is 1. The molecular weight excluding hydrogens is 328 g/mol. The Hall–Kier alpha value is -3.15. The number of amides is 1. The summed E-state index contributed by atoms with van der Waals surface area (Å²) in [4.78, 5) is 16.6. The van der Waals surface area contributed by atoms with E-state index in [2.05, 4.69) is 53.7 Å². The van der Waals surface area contributed by atoms with Crippen LogP contribution in [0.15, 0.2) is 53.2 Å². The highest BCUT2D eigenvalue weighted by Gasteiger charge is 2.13. The van der Waals surface area contributed by atoms with Crippen LogP contribution in [-0.2, 0) is 5.41 Å². The van der Waals surface area contributed by atoms with E-state index in [0.717, 1.165) is 5.69 Å². The average molecular weight is 350 g/mol. The van der Waals surface area contributed by atoms with E-state index in [4.69, 9.17) is 4.52 Å². The topological polar surface area (TPSA) is 80.0 Å². The van der Waals surface area contributed by atoms with Crippen LogP contribution in [0.25, 0.3) is 0 Å². The molecule has 0 aliphatic carbocycles. The van der Waals surface area contributed by atoms with Crippen molar-refractivity contribution < 1.29 is 9.32 Å². The summed E-state index contributed by atoms with van der Waals surface area (Å²) in [5.41, 5.74) is 2.76. The number of rotatable bonds is 4. The Kier molecular flexibility index (Phi) is 4.75. The average Bonchev–Trinajstić information content (AvgIpc) is 2.99. The first kappa shape index (κ1) is 17.7. The first-order valence-electron chi connectivity index (χ1n) is 8.39. The molecule has 26 heavy (non-hydrogen) atoms. The highest BCUT2D eigenvalue weighted by atomic mass is 16.5. The third-order valence-corrected chi connectivity index (χ3v) is 3.92. The van der Waals surface area contributed by atoms with Crippen molar-refractivity contribution in [1.82, 2.24) is 10.1 Å². The standard InChI is InChI=1S/C20H22N4O2/c1-13-11-18(24-26-13)23-19(25)14-9-10-21-17(12-14)22-16-7-5-15(6-8-16)20(2,3)4/h5-12H,1-4H3,(H,21,22)(H,23,24,25). The van der Waals surface area contributed by atoms with Gasteiger partial charge >= 0.3 is 0 Å². The third kappa shape index (κ3) is 4.27. The first-order valence-corrected chi connectivity index (χ1v) is 8.39. The van der Waals surface area contributed by atoms with E-state index >= 15 is 0 Å². The van der Waals surface area contributed by atoms with Crippen LogP contribution < -0.4 is 10.6 Å². The summed E-state index contributed by atoms with van der Waals surface area (Å²) < 4.78 is 4.95. The fraction of sp³-hybridized carbons (Fsp3) is 0.250. The fourth-order valence-corrected chi connectivity index (χ4v) is 2.46. The molecule has 6 heteroatoms. The van der Waals surface area contributed by atoms with Crippen molar-refractivity contribution in [2.24, 2.45) is 0 Å². The molecule has 3 rings (SSSR count). The van der Waals surface area contributed by atoms with Gasteiger partial charge in [0.15, 0.2) is 5.82 Å². The Morgan fingerprint density at radius 1 is 1.04 bits per heavy atom. The summed E-state index contributed by atoms with van der Waals surface area (Å²) in [7, 11) is 0. The van der Waals surface area contributed by atoms with Crippen LogP contribution in [0.5, 0.6) is 0 Å². The molecule has 2 aromatic heterocycles. The van der Waals surface area contributed by atoms with E-state index in [0.29, 0.717) is 23.0 Å².